The molecule has 0 bridgehead atoms. The zero-order chi connectivity index (χ0) is 8.55. The highest BCUT2D eigenvalue weighted by Crippen LogP contribution is 2.22. The average Bonchev–Trinajstić information content (AvgIpc) is 2.47. The van der Waals surface area contributed by atoms with E-state index in [1.54, 1.807) is 0 Å². The van der Waals surface area contributed by atoms with Gasteiger partial charge in [-0.05, 0) is 12.8 Å². The first-order chi connectivity index (χ1) is 5.79. The van der Waals surface area contributed by atoms with Crippen molar-refractivity contribution in [3.05, 3.63) is 0 Å². The number of fused-ring (bicyclic) bond motifs is 1. The number of carboxylic acids is 1. The van der Waals surface area contributed by atoms with Gasteiger partial charge < -0.3 is 10.0 Å². The third kappa shape index (κ3) is 1.07. The molecule has 2 aliphatic rings. The molecule has 4 nitrogen and oxygen atoms in total. The molecule has 1 fully saturated rings. The molecule has 1 saturated heterocycles. The van der Waals surface area contributed by atoms with Gasteiger partial charge in [-0.15, -0.1) is 0 Å². The summed E-state index contributed by atoms with van der Waals surface area (Å²) in [6.07, 6.45) is 2.57. The van der Waals surface area contributed by atoms with Crippen LogP contribution in [0.25, 0.3) is 0 Å². The van der Waals surface area contributed by atoms with Gasteiger partial charge in [0.15, 0.2) is 0 Å². The number of rotatable bonds is 1. The molecule has 2 aliphatic heterocycles. The van der Waals surface area contributed by atoms with Gasteiger partial charge in [-0.3, -0.25) is 4.99 Å². The minimum Gasteiger partial charge on any atom is -0.480 e. The van der Waals surface area contributed by atoms with Crippen LogP contribution >= 0.6 is 0 Å². The van der Waals surface area contributed by atoms with Gasteiger partial charge in [-0.25, -0.2) is 4.79 Å². The number of aliphatic imine (C=N–C) groups is 1. The normalized spacial score (nSPS) is 28.2. The fourth-order valence-electron chi connectivity index (χ4n) is 1.91. The van der Waals surface area contributed by atoms with Crippen LogP contribution < -0.4 is 0 Å². The zero-order valence-corrected chi connectivity index (χ0v) is 6.86. The minimum atomic E-state index is -0.706. The molecular formula is C8H12N2O2. The molecule has 0 spiro atoms. The van der Waals surface area contributed by atoms with Gasteiger partial charge in [0.25, 0.3) is 0 Å². The maximum absolute atomic E-state index is 10.8. The Morgan fingerprint density at radius 1 is 1.67 bits per heavy atom. The van der Waals surface area contributed by atoms with Crippen LogP contribution in [0.4, 0.5) is 0 Å². The summed E-state index contributed by atoms with van der Waals surface area (Å²) in [6, 6.07) is -0.302. The van der Waals surface area contributed by atoms with E-state index >= 15 is 0 Å². The fourth-order valence-corrected chi connectivity index (χ4v) is 1.91. The second-order valence-electron chi connectivity index (χ2n) is 3.24. The Morgan fingerprint density at radius 2 is 2.50 bits per heavy atom. The fraction of sp³-hybridized carbons (Fsp3) is 0.750. The van der Waals surface area contributed by atoms with E-state index in [2.05, 4.69) is 4.99 Å². The van der Waals surface area contributed by atoms with Crippen molar-refractivity contribution in [2.24, 2.45) is 4.99 Å². The summed E-state index contributed by atoms with van der Waals surface area (Å²) in [6.45, 7) is 1.74. The predicted molar refractivity (Wildman–Crippen MR) is 44.3 cm³/mol. The first-order valence-corrected chi connectivity index (χ1v) is 4.32. The highest BCUT2D eigenvalue weighted by atomic mass is 16.4. The summed E-state index contributed by atoms with van der Waals surface area (Å²) >= 11 is 0. The molecule has 0 aromatic heterocycles. The van der Waals surface area contributed by atoms with Crippen molar-refractivity contribution < 1.29 is 9.90 Å². The SMILES string of the molecule is O=C(O)C1CCC2=NCCCN21. The summed E-state index contributed by atoms with van der Waals surface area (Å²) in [5, 5.41) is 8.86. The monoisotopic (exact) mass is 168 g/mol. The van der Waals surface area contributed by atoms with Crippen LogP contribution in [0.1, 0.15) is 19.3 Å². The maximum Gasteiger partial charge on any atom is 0.326 e. The lowest BCUT2D eigenvalue weighted by molar-refractivity contribution is -0.141. The number of hydrogen-bond donors (Lipinski definition) is 1. The van der Waals surface area contributed by atoms with Crippen LogP contribution in [-0.2, 0) is 4.79 Å². The van der Waals surface area contributed by atoms with Gasteiger partial charge in [-0.1, -0.05) is 0 Å². The van der Waals surface area contributed by atoms with Crippen molar-refractivity contribution in [2.75, 3.05) is 13.1 Å². The van der Waals surface area contributed by atoms with Crippen molar-refractivity contribution in [2.45, 2.75) is 25.3 Å². The van der Waals surface area contributed by atoms with Crippen LogP contribution in [0, 0.1) is 0 Å². The second kappa shape index (κ2) is 2.77. The Bertz CT molecular complexity index is 237. The van der Waals surface area contributed by atoms with Crippen LogP contribution in [0.15, 0.2) is 4.99 Å². The topological polar surface area (TPSA) is 52.9 Å². The Balaban J connectivity index is 2.17. The summed E-state index contributed by atoms with van der Waals surface area (Å²) in [5.41, 5.74) is 0. The summed E-state index contributed by atoms with van der Waals surface area (Å²) in [7, 11) is 0. The highest BCUT2D eigenvalue weighted by molar-refractivity contribution is 5.91. The molecule has 0 saturated carbocycles. The molecule has 1 unspecified atom stereocenters. The van der Waals surface area contributed by atoms with Crippen molar-refractivity contribution in [3.8, 4) is 0 Å². The average molecular weight is 168 g/mol. The number of carboxylic acid groups (broad SMARTS) is 1. The van der Waals surface area contributed by atoms with Crippen molar-refractivity contribution in [1.29, 1.82) is 0 Å². The molecule has 4 heteroatoms. The quantitative estimate of drug-likeness (QED) is 0.614. The number of hydrogen-bond acceptors (Lipinski definition) is 3. The third-order valence-electron chi connectivity index (χ3n) is 2.49. The lowest BCUT2D eigenvalue weighted by Crippen LogP contribution is -2.41. The van der Waals surface area contributed by atoms with E-state index in [1.165, 1.54) is 0 Å². The highest BCUT2D eigenvalue weighted by Gasteiger charge is 2.34. The molecule has 66 valence electrons. The van der Waals surface area contributed by atoms with Crippen molar-refractivity contribution in [3.63, 3.8) is 0 Å². The van der Waals surface area contributed by atoms with Crippen molar-refractivity contribution >= 4 is 11.8 Å². The van der Waals surface area contributed by atoms with E-state index in [0.717, 1.165) is 38.2 Å². The molecule has 2 rings (SSSR count). The molecule has 1 atom stereocenters. The van der Waals surface area contributed by atoms with E-state index in [0.29, 0.717) is 0 Å². The molecule has 1 N–H and O–H groups in total. The molecule has 2 heterocycles. The molecule has 0 aromatic rings. The summed E-state index contributed by atoms with van der Waals surface area (Å²) in [5.74, 6) is 0.302. The van der Waals surface area contributed by atoms with Crippen LogP contribution in [0.2, 0.25) is 0 Å². The van der Waals surface area contributed by atoms with E-state index in [1.807, 2.05) is 4.90 Å². The largest absolute Gasteiger partial charge is 0.480 e. The number of aliphatic carboxylic acids is 1. The van der Waals surface area contributed by atoms with Crippen LogP contribution in [-0.4, -0.2) is 40.9 Å². The molecular weight excluding hydrogens is 156 g/mol. The summed E-state index contributed by atoms with van der Waals surface area (Å²) in [4.78, 5) is 17.0. The van der Waals surface area contributed by atoms with Gasteiger partial charge in [0, 0.05) is 19.5 Å². The van der Waals surface area contributed by atoms with Gasteiger partial charge >= 0.3 is 5.97 Å². The number of nitrogens with zero attached hydrogens (tertiary/aromatic N) is 2. The maximum atomic E-state index is 10.8. The molecule has 0 aromatic carbocycles. The molecule has 0 amide bonds. The van der Waals surface area contributed by atoms with E-state index < -0.39 is 5.97 Å². The van der Waals surface area contributed by atoms with Gasteiger partial charge in [0.1, 0.15) is 6.04 Å². The van der Waals surface area contributed by atoms with Crippen LogP contribution in [0.3, 0.4) is 0 Å². The van der Waals surface area contributed by atoms with Crippen molar-refractivity contribution in [1.82, 2.24) is 4.90 Å². The van der Waals surface area contributed by atoms with E-state index in [4.69, 9.17) is 5.11 Å². The van der Waals surface area contributed by atoms with Gasteiger partial charge in [0.05, 0.1) is 5.84 Å². The Labute approximate surface area is 70.9 Å². The smallest absolute Gasteiger partial charge is 0.326 e. The van der Waals surface area contributed by atoms with Gasteiger partial charge in [0.2, 0.25) is 0 Å². The molecule has 0 aliphatic carbocycles. The number of carbonyl (C=O) groups is 1. The first kappa shape index (κ1) is 7.58. The van der Waals surface area contributed by atoms with Crippen LogP contribution in [0.5, 0.6) is 0 Å². The first-order valence-electron chi connectivity index (χ1n) is 4.32. The lowest BCUT2D eigenvalue weighted by Gasteiger charge is -2.26. The minimum absolute atomic E-state index is 0.302. The molecule has 12 heavy (non-hydrogen) atoms. The number of amidine groups is 1. The predicted octanol–water partition coefficient (Wildman–Crippen LogP) is 0.338. The summed E-state index contributed by atoms with van der Waals surface area (Å²) < 4.78 is 0. The third-order valence-corrected chi connectivity index (χ3v) is 2.49. The second-order valence-corrected chi connectivity index (χ2v) is 3.24. The zero-order valence-electron chi connectivity index (χ0n) is 6.86. The van der Waals surface area contributed by atoms with E-state index in [9.17, 15) is 4.79 Å². The Hall–Kier alpha value is -1.06. The lowest BCUT2D eigenvalue weighted by atomic mass is 10.2. The Morgan fingerprint density at radius 3 is 3.25 bits per heavy atom. The van der Waals surface area contributed by atoms with E-state index in [-0.39, 0.29) is 6.04 Å². The van der Waals surface area contributed by atoms with Gasteiger partial charge in [-0.2, -0.15) is 0 Å². The standard InChI is InChI=1S/C8H12N2O2/c11-8(12)6-2-3-7-9-4-1-5-10(6)7/h6H,1-5H2,(H,11,12). The Kier molecular flexibility index (Phi) is 1.75. The molecule has 0 radical (unpaired) electrons.